The van der Waals surface area contributed by atoms with Gasteiger partial charge in [-0.3, -0.25) is 9.69 Å². The molecule has 0 aliphatic carbocycles. The van der Waals surface area contributed by atoms with Crippen LogP contribution in [0.3, 0.4) is 0 Å². The molecular weight excluding hydrogens is 527 g/mol. The molecule has 0 bridgehead atoms. The van der Waals surface area contributed by atoms with Crippen LogP contribution in [0.1, 0.15) is 30.1 Å². The van der Waals surface area contributed by atoms with Gasteiger partial charge in [0.1, 0.15) is 5.52 Å². The number of nitrogens with zero attached hydrogens (tertiary/aromatic N) is 4. The highest BCUT2D eigenvalue weighted by Gasteiger charge is 2.29. The van der Waals surface area contributed by atoms with Crippen LogP contribution < -0.4 is 4.90 Å². The molecule has 190 valence electrons. The van der Waals surface area contributed by atoms with Gasteiger partial charge in [-0.1, -0.05) is 35.9 Å². The average Bonchev–Trinajstić information content (AvgIpc) is 3.24. The maximum atomic E-state index is 13.5. The van der Waals surface area contributed by atoms with Crippen LogP contribution in [0.5, 0.6) is 0 Å². The number of fused-ring (bicyclic) bond motifs is 1. The number of carbonyl (C=O) groups excluding carboxylic acids is 1. The first-order valence-corrected chi connectivity index (χ1v) is 13.9. The summed E-state index contributed by atoms with van der Waals surface area (Å²) in [6.07, 6.45) is 1.73. The second-order valence-electron chi connectivity index (χ2n) is 8.95. The number of hydrogen-bond donors (Lipinski definition) is 0. The van der Waals surface area contributed by atoms with Gasteiger partial charge in [-0.2, -0.15) is 4.31 Å². The number of amides is 1. The van der Waals surface area contributed by atoms with Gasteiger partial charge in [0.25, 0.3) is 5.91 Å². The minimum atomic E-state index is -3.57. The number of carbonyl (C=O) groups is 1. The third-order valence-corrected chi connectivity index (χ3v) is 9.35. The zero-order chi connectivity index (χ0) is 24.5. The van der Waals surface area contributed by atoms with E-state index < -0.39 is 10.0 Å². The molecule has 2 aromatic carbocycles. The molecule has 0 radical (unpaired) electrons. The summed E-state index contributed by atoms with van der Waals surface area (Å²) in [5.74, 6) is 0.310. The summed E-state index contributed by atoms with van der Waals surface area (Å²) < 4.78 is 28.5. The fourth-order valence-electron chi connectivity index (χ4n) is 3.90. The molecule has 3 aromatic rings. The number of anilines is 1. The summed E-state index contributed by atoms with van der Waals surface area (Å²) in [6, 6.07) is 11.8. The minimum absolute atomic E-state index is 0. The van der Waals surface area contributed by atoms with E-state index in [0.717, 1.165) is 17.5 Å². The van der Waals surface area contributed by atoms with Crippen molar-refractivity contribution in [1.29, 1.82) is 0 Å². The highest BCUT2D eigenvalue weighted by molar-refractivity contribution is 7.89. The van der Waals surface area contributed by atoms with Crippen molar-refractivity contribution in [2.45, 2.75) is 24.7 Å². The van der Waals surface area contributed by atoms with Crippen molar-refractivity contribution in [3.05, 3.63) is 53.1 Å². The zero-order valence-corrected chi connectivity index (χ0v) is 23.2. The molecule has 7 nitrogen and oxygen atoms in total. The number of thiazole rings is 1. The monoisotopic (exact) mass is 556 g/mol. The van der Waals surface area contributed by atoms with Crippen molar-refractivity contribution in [3.63, 3.8) is 0 Å². The molecule has 1 fully saturated rings. The van der Waals surface area contributed by atoms with E-state index in [4.69, 9.17) is 11.6 Å². The third kappa shape index (κ3) is 6.15. The normalized spacial score (nSPS) is 15.3. The number of likely N-dealkylation sites (N-methyl/N-ethyl adjacent to an activating group) is 1. The van der Waals surface area contributed by atoms with Gasteiger partial charge in [0, 0.05) is 31.7 Å². The van der Waals surface area contributed by atoms with E-state index in [1.165, 1.54) is 27.8 Å². The van der Waals surface area contributed by atoms with E-state index in [9.17, 15) is 13.2 Å². The number of hydrogen-bond acceptors (Lipinski definition) is 6. The Morgan fingerprint density at radius 3 is 2.37 bits per heavy atom. The first kappa shape index (κ1) is 27.8. The molecular formula is C24H30Cl2N4O3S2. The number of para-hydroxylation sites is 1. The van der Waals surface area contributed by atoms with Crippen molar-refractivity contribution >= 4 is 66.6 Å². The molecule has 1 amide bonds. The van der Waals surface area contributed by atoms with Crippen LogP contribution in [0.15, 0.2) is 47.4 Å². The Kier molecular flexibility index (Phi) is 9.17. The van der Waals surface area contributed by atoms with Crippen molar-refractivity contribution in [3.8, 4) is 0 Å². The largest absolute Gasteiger partial charge is 0.308 e. The summed E-state index contributed by atoms with van der Waals surface area (Å²) in [6.45, 7) is 4.29. The molecule has 0 unspecified atom stereocenters. The lowest BCUT2D eigenvalue weighted by Gasteiger charge is -2.29. The fraction of sp³-hybridized carbons (Fsp3) is 0.417. The molecule has 1 saturated heterocycles. The lowest BCUT2D eigenvalue weighted by atomic mass is 10.0. The molecule has 0 saturated carbocycles. The fourth-order valence-corrected chi connectivity index (χ4v) is 6.66. The number of sulfonamides is 1. The van der Waals surface area contributed by atoms with Gasteiger partial charge in [0.05, 0.1) is 14.6 Å². The summed E-state index contributed by atoms with van der Waals surface area (Å²) in [5, 5.41) is 1.11. The Hall–Kier alpha value is -1.75. The van der Waals surface area contributed by atoms with Crippen molar-refractivity contribution in [1.82, 2.24) is 14.2 Å². The molecule has 1 aliphatic heterocycles. The standard InChI is InChI=1S/C24H29ClN4O3S2.ClH/c1-17-11-13-28(14-12-17)34(31,32)19-9-7-18(8-10-19)23(30)29(16-15-27(2)3)24-26-22-20(25)5-4-6-21(22)33-24;/h4-10,17H,11-16H2,1-3H3;1H. The predicted octanol–water partition coefficient (Wildman–Crippen LogP) is 5.00. The molecule has 0 N–H and O–H groups in total. The molecule has 1 aliphatic rings. The number of rotatable bonds is 7. The van der Waals surface area contributed by atoms with E-state index >= 15 is 0 Å². The summed E-state index contributed by atoms with van der Waals surface area (Å²) in [5.41, 5.74) is 1.08. The van der Waals surface area contributed by atoms with Crippen molar-refractivity contribution < 1.29 is 13.2 Å². The van der Waals surface area contributed by atoms with Crippen LogP contribution in [-0.4, -0.2) is 68.8 Å². The summed E-state index contributed by atoms with van der Waals surface area (Å²) in [7, 11) is 0.320. The Labute approximate surface area is 222 Å². The van der Waals surface area contributed by atoms with Gasteiger partial charge >= 0.3 is 0 Å². The van der Waals surface area contributed by atoms with Gasteiger partial charge in [0.2, 0.25) is 10.0 Å². The Morgan fingerprint density at radius 1 is 1.11 bits per heavy atom. The van der Waals surface area contributed by atoms with E-state index in [1.54, 1.807) is 23.1 Å². The molecule has 11 heteroatoms. The SMILES string of the molecule is CC1CCN(S(=O)(=O)c2ccc(C(=O)N(CCN(C)C)c3nc4c(Cl)cccc4s3)cc2)CC1.Cl. The number of benzene rings is 2. The Bertz CT molecular complexity index is 1270. The van der Waals surface area contributed by atoms with E-state index in [2.05, 4.69) is 11.9 Å². The molecule has 0 spiro atoms. The zero-order valence-electron chi connectivity index (χ0n) is 20.0. The number of halogens is 2. The molecule has 35 heavy (non-hydrogen) atoms. The Morgan fingerprint density at radius 2 is 1.77 bits per heavy atom. The second-order valence-corrected chi connectivity index (χ2v) is 12.3. The lowest BCUT2D eigenvalue weighted by Crippen LogP contribution is -2.38. The lowest BCUT2D eigenvalue weighted by molar-refractivity contribution is 0.0985. The number of aromatic nitrogens is 1. The Balaban J connectivity index is 0.00000342. The molecule has 2 heterocycles. The maximum absolute atomic E-state index is 13.5. The first-order chi connectivity index (χ1) is 16.2. The highest BCUT2D eigenvalue weighted by atomic mass is 35.5. The average molecular weight is 558 g/mol. The third-order valence-electron chi connectivity index (χ3n) is 6.09. The quantitative estimate of drug-likeness (QED) is 0.409. The van der Waals surface area contributed by atoms with Crippen LogP contribution in [0, 0.1) is 5.92 Å². The second kappa shape index (κ2) is 11.5. The smallest absolute Gasteiger partial charge is 0.260 e. The summed E-state index contributed by atoms with van der Waals surface area (Å²) >= 11 is 7.71. The predicted molar refractivity (Wildman–Crippen MR) is 146 cm³/mol. The minimum Gasteiger partial charge on any atom is -0.308 e. The van der Waals surface area contributed by atoms with E-state index in [0.29, 0.717) is 53.3 Å². The van der Waals surface area contributed by atoms with Crippen LogP contribution >= 0.6 is 35.3 Å². The first-order valence-electron chi connectivity index (χ1n) is 11.3. The molecule has 1 aromatic heterocycles. The molecule has 0 atom stereocenters. The molecule has 4 rings (SSSR count). The van der Waals surface area contributed by atoms with Crippen LogP contribution in [0.4, 0.5) is 5.13 Å². The van der Waals surface area contributed by atoms with Crippen LogP contribution in [0.2, 0.25) is 5.02 Å². The maximum Gasteiger partial charge on any atom is 0.260 e. The van der Waals surface area contributed by atoms with Crippen molar-refractivity contribution in [2.24, 2.45) is 5.92 Å². The topological polar surface area (TPSA) is 73.8 Å². The van der Waals surface area contributed by atoms with Gasteiger partial charge < -0.3 is 4.90 Å². The van der Waals surface area contributed by atoms with Crippen molar-refractivity contribution in [2.75, 3.05) is 45.2 Å². The van der Waals surface area contributed by atoms with E-state index in [-0.39, 0.29) is 23.2 Å². The van der Waals surface area contributed by atoms with Gasteiger partial charge in [-0.05, 0) is 69.3 Å². The van der Waals surface area contributed by atoms with E-state index in [1.807, 2.05) is 31.1 Å². The van der Waals surface area contributed by atoms with Crippen LogP contribution in [0.25, 0.3) is 10.2 Å². The van der Waals surface area contributed by atoms with Crippen LogP contribution in [-0.2, 0) is 10.0 Å². The summed E-state index contributed by atoms with van der Waals surface area (Å²) in [4.78, 5) is 22.0. The van der Waals surface area contributed by atoms with Gasteiger partial charge in [0.15, 0.2) is 5.13 Å². The number of piperidine rings is 1. The highest BCUT2D eigenvalue weighted by Crippen LogP contribution is 2.33. The van der Waals surface area contributed by atoms with Gasteiger partial charge in [-0.25, -0.2) is 13.4 Å². The van der Waals surface area contributed by atoms with Gasteiger partial charge in [-0.15, -0.1) is 12.4 Å².